The molecule has 0 aliphatic carbocycles. The molecule has 140 valence electrons. The third kappa shape index (κ3) is 5.61. The Labute approximate surface area is 151 Å². The summed E-state index contributed by atoms with van der Waals surface area (Å²) in [5.41, 5.74) is 1.46. The second-order valence-corrected chi connectivity index (χ2v) is 6.61. The summed E-state index contributed by atoms with van der Waals surface area (Å²) >= 11 is 0. The van der Waals surface area contributed by atoms with Gasteiger partial charge in [0.1, 0.15) is 11.5 Å². The molecule has 0 aromatic heterocycles. The van der Waals surface area contributed by atoms with Crippen molar-refractivity contribution in [2.24, 2.45) is 0 Å². The molecule has 0 atom stereocenters. The molecule has 1 saturated heterocycles. The predicted molar refractivity (Wildman–Crippen MR) is 99.8 cm³/mol. The fourth-order valence-electron chi connectivity index (χ4n) is 3.15. The molecule has 0 bridgehead atoms. The molecule has 1 heterocycles. The molecule has 2 rings (SSSR count). The van der Waals surface area contributed by atoms with E-state index in [1.54, 1.807) is 26.4 Å². The van der Waals surface area contributed by atoms with E-state index in [0.717, 1.165) is 38.2 Å². The predicted octanol–water partition coefficient (Wildman–Crippen LogP) is 1.77. The maximum Gasteiger partial charge on any atom is 0.251 e. The highest BCUT2D eigenvalue weighted by molar-refractivity contribution is 5.95. The van der Waals surface area contributed by atoms with E-state index in [1.165, 1.54) is 13.0 Å². The highest BCUT2D eigenvalue weighted by Gasteiger charge is 2.14. The first kappa shape index (κ1) is 19.5. The summed E-state index contributed by atoms with van der Waals surface area (Å²) in [6.07, 6.45) is 2.17. The van der Waals surface area contributed by atoms with Crippen molar-refractivity contribution in [1.29, 1.82) is 0 Å². The molecule has 1 aromatic rings. The van der Waals surface area contributed by atoms with E-state index in [1.807, 2.05) is 6.92 Å². The van der Waals surface area contributed by atoms with Crippen LogP contribution in [0.3, 0.4) is 0 Å². The van der Waals surface area contributed by atoms with Crippen molar-refractivity contribution >= 4 is 5.91 Å². The standard InChI is InChI=1S/C19H31N3O3/c1-15-17(24-3)13-16(14-18(15)25-4)19(23)20-7-5-9-22-10-6-8-21(2)11-12-22/h13-14H,5-12H2,1-4H3,(H,20,23). The van der Waals surface area contributed by atoms with Crippen LogP contribution in [0, 0.1) is 6.92 Å². The third-order valence-electron chi connectivity index (χ3n) is 4.76. The highest BCUT2D eigenvalue weighted by atomic mass is 16.5. The minimum Gasteiger partial charge on any atom is -0.496 e. The number of likely N-dealkylation sites (N-methyl/N-ethyl adjacent to an activating group) is 1. The molecule has 1 aliphatic rings. The molecule has 25 heavy (non-hydrogen) atoms. The van der Waals surface area contributed by atoms with Crippen LogP contribution in [0.25, 0.3) is 0 Å². The van der Waals surface area contributed by atoms with Gasteiger partial charge >= 0.3 is 0 Å². The van der Waals surface area contributed by atoms with Crippen molar-refractivity contribution in [3.05, 3.63) is 23.3 Å². The minimum absolute atomic E-state index is 0.0906. The molecule has 1 fully saturated rings. The van der Waals surface area contributed by atoms with Crippen LogP contribution >= 0.6 is 0 Å². The maximum absolute atomic E-state index is 12.4. The van der Waals surface area contributed by atoms with Crippen molar-refractivity contribution in [3.63, 3.8) is 0 Å². The van der Waals surface area contributed by atoms with Crippen LogP contribution in [0.4, 0.5) is 0 Å². The van der Waals surface area contributed by atoms with Gasteiger partial charge in [-0.15, -0.1) is 0 Å². The summed E-state index contributed by atoms with van der Waals surface area (Å²) < 4.78 is 10.7. The van der Waals surface area contributed by atoms with Gasteiger partial charge in [0.15, 0.2) is 0 Å². The fourth-order valence-corrected chi connectivity index (χ4v) is 3.15. The van der Waals surface area contributed by atoms with Crippen molar-refractivity contribution in [2.75, 3.05) is 60.5 Å². The van der Waals surface area contributed by atoms with Gasteiger partial charge in [0, 0.05) is 30.8 Å². The van der Waals surface area contributed by atoms with Crippen LogP contribution in [0.1, 0.15) is 28.8 Å². The number of amides is 1. The average Bonchev–Trinajstić information content (AvgIpc) is 2.83. The van der Waals surface area contributed by atoms with Crippen LogP contribution in [-0.2, 0) is 0 Å². The number of methoxy groups -OCH3 is 2. The van der Waals surface area contributed by atoms with E-state index in [0.29, 0.717) is 23.6 Å². The van der Waals surface area contributed by atoms with Crippen molar-refractivity contribution in [3.8, 4) is 11.5 Å². The van der Waals surface area contributed by atoms with Crippen molar-refractivity contribution < 1.29 is 14.3 Å². The lowest BCUT2D eigenvalue weighted by molar-refractivity contribution is 0.0951. The molecule has 6 heteroatoms. The molecular weight excluding hydrogens is 318 g/mol. The third-order valence-corrected chi connectivity index (χ3v) is 4.76. The molecule has 6 nitrogen and oxygen atoms in total. The second kappa shape index (κ2) is 9.63. The monoisotopic (exact) mass is 349 g/mol. The Balaban J connectivity index is 1.82. The average molecular weight is 349 g/mol. The van der Waals surface area contributed by atoms with Crippen LogP contribution in [-0.4, -0.2) is 76.2 Å². The Kier molecular flexibility index (Phi) is 7.52. The summed E-state index contributed by atoms with van der Waals surface area (Å²) in [6.45, 7) is 8.15. The highest BCUT2D eigenvalue weighted by Crippen LogP contribution is 2.29. The van der Waals surface area contributed by atoms with Crippen LogP contribution in [0.5, 0.6) is 11.5 Å². The Hall–Kier alpha value is -1.79. The lowest BCUT2D eigenvalue weighted by atomic mass is 10.1. The number of ether oxygens (including phenoxy) is 2. The van der Waals surface area contributed by atoms with Crippen LogP contribution in [0.15, 0.2) is 12.1 Å². The Bertz CT molecular complexity index is 552. The van der Waals surface area contributed by atoms with Crippen molar-refractivity contribution in [2.45, 2.75) is 19.8 Å². The number of benzene rings is 1. The van der Waals surface area contributed by atoms with E-state index >= 15 is 0 Å². The van der Waals surface area contributed by atoms with Gasteiger partial charge in [-0.1, -0.05) is 0 Å². The lowest BCUT2D eigenvalue weighted by Gasteiger charge is -2.20. The molecule has 0 radical (unpaired) electrons. The first-order chi connectivity index (χ1) is 12.0. The number of carbonyl (C=O) groups excluding carboxylic acids is 1. The van der Waals surface area contributed by atoms with Gasteiger partial charge in [0.2, 0.25) is 0 Å². The Morgan fingerprint density at radius 3 is 2.44 bits per heavy atom. The second-order valence-electron chi connectivity index (χ2n) is 6.61. The molecule has 1 aliphatic heterocycles. The maximum atomic E-state index is 12.4. The Morgan fingerprint density at radius 1 is 1.12 bits per heavy atom. The van der Waals surface area contributed by atoms with Gasteiger partial charge in [-0.2, -0.15) is 0 Å². The van der Waals surface area contributed by atoms with E-state index < -0.39 is 0 Å². The zero-order valence-electron chi connectivity index (χ0n) is 15.9. The molecule has 0 saturated carbocycles. The molecule has 1 N–H and O–H groups in total. The largest absolute Gasteiger partial charge is 0.496 e. The topological polar surface area (TPSA) is 54.0 Å². The Morgan fingerprint density at radius 2 is 1.80 bits per heavy atom. The van der Waals surface area contributed by atoms with E-state index in [2.05, 4.69) is 22.2 Å². The molecule has 1 amide bonds. The number of nitrogens with one attached hydrogen (secondary N) is 1. The zero-order valence-corrected chi connectivity index (χ0v) is 15.9. The molecule has 1 aromatic carbocycles. The van der Waals surface area contributed by atoms with Crippen LogP contribution in [0.2, 0.25) is 0 Å². The van der Waals surface area contributed by atoms with Gasteiger partial charge in [-0.05, 0) is 58.6 Å². The summed E-state index contributed by atoms with van der Waals surface area (Å²) in [4.78, 5) is 17.3. The quantitative estimate of drug-likeness (QED) is 0.761. The van der Waals surface area contributed by atoms with E-state index in [9.17, 15) is 4.79 Å². The minimum atomic E-state index is -0.0906. The van der Waals surface area contributed by atoms with Gasteiger partial charge in [0.05, 0.1) is 14.2 Å². The molecule has 0 spiro atoms. The van der Waals surface area contributed by atoms with E-state index in [-0.39, 0.29) is 5.91 Å². The van der Waals surface area contributed by atoms with Crippen LogP contribution < -0.4 is 14.8 Å². The first-order valence-corrected chi connectivity index (χ1v) is 8.97. The van der Waals surface area contributed by atoms with Gasteiger partial charge in [0.25, 0.3) is 5.91 Å². The smallest absolute Gasteiger partial charge is 0.251 e. The zero-order chi connectivity index (χ0) is 18.2. The van der Waals surface area contributed by atoms with E-state index in [4.69, 9.17) is 9.47 Å². The number of hydrogen-bond donors (Lipinski definition) is 1. The summed E-state index contributed by atoms with van der Waals surface area (Å²) in [5, 5.41) is 3.00. The van der Waals surface area contributed by atoms with Gasteiger partial charge in [-0.3, -0.25) is 4.79 Å². The molecule has 0 unspecified atom stereocenters. The molecular formula is C19H31N3O3. The normalized spacial score (nSPS) is 16.3. The number of hydrogen-bond acceptors (Lipinski definition) is 5. The van der Waals surface area contributed by atoms with Crippen molar-refractivity contribution in [1.82, 2.24) is 15.1 Å². The number of carbonyl (C=O) groups is 1. The SMILES string of the molecule is COc1cc(C(=O)NCCCN2CCCN(C)CC2)cc(OC)c1C. The van der Waals surface area contributed by atoms with Gasteiger partial charge < -0.3 is 24.6 Å². The summed E-state index contributed by atoms with van der Waals surface area (Å²) in [5.74, 6) is 1.24. The summed E-state index contributed by atoms with van der Waals surface area (Å²) in [7, 11) is 5.37. The summed E-state index contributed by atoms with van der Waals surface area (Å²) in [6, 6.07) is 3.52. The number of nitrogens with zero attached hydrogens (tertiary/aromatic N) is 2. The first-order valence-electron chi connectivity index (χ1n) is 8.97. The fraction of sp³-hybridized carbons (Fsp3) is 0.632. The van der Waals surface area contributed by atoms with Gasteiger partial charge in [-0.25, -0.2) is 0 Å². The lowest BCUT2D eigenvalue weighted by Crippen LogP contribution is -2.32. The number of rotatable bonds is 7.